The smallest absolute Gasteiger partial charge is 0.165 e. The fourth-order valence-electron chi connectivity index (χ4n) is 0.912. The molecule has 1 saturated heterocycles. The Hall–Kier alpha value is -0.790. The van der Waals surface area contributed by atoms with Gasteiger partial charge in [0.25, 0.3) is 0 Å². The van der Waals surface area contributed by atoms with E-state index in [-0.39, 0.29) is 0 Å². The van der Waals surface area contributed by atoms with Crippen LogP contribution in [-0.4, -0.2) is 23.8 Å². The Bertz CT molecular complexity index is 150. The molecule has 36 valence electrons. The maximum absolute atomic E-state index is 9.91. The van der Waals surface area contributed by atoms with Crippen molar-refractivity contribution in [1.82, 2.24) is 4.90 Å². The molecule has 2 rings (SSSR count). The van der Waals surface area contributed by atoms with Crippen molar-refractivity contribution < 1.29 is 4.79 Å². The number of hydrogen-bond acceptors (Lipinski definition) is 2. The zero-order valence-electron chi connectivity index (χ0n) is 3.79. The average molecular weight is 95.1 g/mol. The van der Waals surface area contributed by atoms with Crippen molar-refractivity contribution in [3.8, 4) is 0 Å². The van der Waals surface area contributed by atoms with Crippen molar-refractivity contribution in [1.29, 1.82) is 0 Å². The van der Waals surface area contributed by atoms with Gasteiger partial charge in [0, 0.05) is 6.54 Å². The number of carbonyl (C=O) groups excluding carboxylic acids is 1. The number of fused-ring (bicyclic) bond motifs is 1. The van der Waals surface area contributed by atoms with E-state index in [1.165, 1.54) is 0 Å². The molecule has 0 aromatic carbocycles. The van der Waals surface area contributed by atoms with Crippen molar-refractivity contribution in [2.45, 2.75) is 6.04 Å². The molecule has 2 heterocycles. The molecule has 0 spiro atoms. The Morgan fingerprint density at radius 1 is 2.00 bits per heavy atom. The second kappa shape index (κ2) is 0.735. The van der Waals surface area contributed by atoms with Crippen LogP contribution in [0.5, 0.6) is 0 Å². The van der Waals surface area contributed by atoms with Crippen LogP contribution in [0.25, 0.3) is 0 Å². The molecule has 0 saturated carbocycles. The van der Waals surface area contributed by atoms with Gasteiger partial charge in [0.05, 0.1) is 11.7 Å². The van der Waals surface area contributed by atoms with E-state index in [2.05, 4.69) is 4.90 Å². The van der Waals surface area contributed by atoms with Crippen LogP contribution in [0.1, 0.15) is 0 Å². The third kappa shape index (κ3) is 0.232. The molecule has 0 N–H and O–H groups in total. The second-order valence-corrected chi connectivity index (χ2v) is 1.93. The molecule has 7 heavy (non-hydrogen) atoms. The molecule has 0 aromatic rings. The zero-order chi connectivity index (χ0) is 4.85. The first kappa shape index (κ1) is 3.24. The minimum Gasteiger partial charge on any atom is -0.358 e. The van der Waals surface area contributed by atoms with Crippen molar-refractivity contribution >= 4 is 6.29 Å². The van der Waals surface area contributed by atoms with Gasteiger partial charge in [-0.15, -0.1) is 0 Å². The standard InChI is InChI=1S/C5H5NO/c7-3-5-1-4-2-6(4)5/h1,3-4H,2H2. The Balaban J connectivity index is 2.25. The molecule has 1 atom stereocenters. The lowest BCUT2D eigenvalue weighted by Crippen LogP contribution is -2.11. The predicted molar refractivity (Wildman–Crippen MR) is 24.6 cm³/mol. The van der Waals surface area contributed by atoms with E-state index < -0.39 is 0 Å². The molecular formula is C5H5NO. The van der Waals surface area contributed by atoms with Gasteiger partial charge in [0.15, 0.2) is 6.29 Å². The number of nitrogens with zero attached hydrogens (tertiary/aromatic N) is 1. The summed E-state index contributed by atoms with van der Waals surface area (Å²) in [4.78, 5) is 12.0. The highest BCUT2D eigenvalue weighted by atomic mass is 16.1. The van der Waals surface area contributed by atoms with E-state index in [1.807, 2.05) is 6.08 Å². The first-order valence-electron chi connectivity index (χ1n) is 2.35. The van der Waals surface area contributed by atoms with Crippen molar-refractivity contribution in [3.05, 3.63) is 11.8 Å². The monoisotopic (exact) mass is 95.0 g/mol. The molecule has 2 heteroatoms. The lowest BCUT2D eigenvalue weighted by Gasteiger charge is -2.08. The maximum atomic E-state index is 9.91. The molecule has 2 aliphatic heterocycles. The van der Waals surface area contributed by atoms with Gasteiger partial charge in [-0.25, -0.2) is 0 Å². The second-order valence-electron chi connectivity index (χ2n) is 1.93. The van der Waals surface area contributed by atoms with Crippen LogP contribution in [0.2, 0.25) is 0 Å². The quantitative estimate of drug-likeness (QED) is 0.331. The normalized spacial score (nSPS) is 32.9. The van der Waals surface area contributed by atoms with Gasteiger partial charge in [-0.1, -0.05) is 0 Å². The number of carbonyl (C=O) groups is 1. The Morgan fingerprint density at radius 3 is 3.00 bits per heavy atom. The van der Waals surface area contributed by atoms with Crippen LogP contribution >= 0.6 is 0 Å². The van der Waals surface area contributed by atoms with Gasteiger partial charge < -0.3 is 4.90 Å². The lowest BCUT2D eigenvalue weighted by molar-refractivity contribution is -0.105. The largest absolute Gasteiger partial charge is 0.358 e. The number of hydrogen-bond donors (Lipinski definition) is 0. The van der Waals surface area contributed by atoms with Crippen LogP contribution in [0.15, 0.2) is 11.8 Å². The van der Waals surface area contributed by atoms with Gasteiger partial charge in [-0.05, 0) is 6.08 Å². The summed E-state index contributed by atoms with van der Waals surface area (Å²) in [7, 11) is 0. The Morgan fingerprint density at radius 2 is 2.86 bits per heavy atom. The van der Waals surface area contributed by atoms with Crippen molar-refractivity contribution in [3.63, 3.8) is 0 Å². The highest BCUT2D eigenvalue weighted by molar-refractivity contribution is 5.77. The van der Waals surface area contributed by atoms with E-state index in [0.717, 1.165) is 18.5 Å². The molecule has 2 nitrogen and oxygen atoms in total. The first-order chi connectivity index (χ1) is 3.42. The van der Waals surface area contributed by atoms with Gasteiger partial charge in [-0.3, -0.25) is 4.79 Å². The minimum absolute atomic E-state index is 0.653. The van der Waals surface area contributed by atoms with E-state index in [9.17, 15) is 4.79 Å². The zero-order valence-corrected chi connectivity index (χ0v) is 3.79. The molecular weight excluding hydrogens is 90.1 g/mol. The molecule has 1 fully saturated rings. The van der Waals surface area contributed by atoms with Crippen LogP contribution < -0.4 is 0 Å². The van der Waals surface area contributed by atoms with Gasteiger partial charge in [0.2, 0.25) is 0 Å². The van der Waals surface area contributed by atoms with E-state index in [1.54, 1.807) is 0 Å². The highest BCUT2D eigenvalue weighted by Gasteiger charge is 2.42. The van der Waals surface area contributed by atoms with Gasteiger partial charge >= 0.3 is 0 Å². The van der Waals surface area contributed by atoms with Crippen LogP contribution in [0, 0.1) is 0 Å². The minimum atomic E-state index is 0.653. The summed E-state index contributed by atoms with van der Waals surface area (Å²) >= 11 is 0. The van der Waals surface area contributed by atoms with Gasteiger partial charge in [0.1, 0.15) is 0 Å². The summed E-state index contributed by atoms with van der Waals surface area (Å²) in [6, 6.07) is 0.653. The predicted octanol–water partition coefficient (Wildman–Crippen LogP) is -0.233. The van der Waals surface area contributed by atoms with E-state index in [4.69, 9.17) is 0 Å². The summed E-state index contributed by atoms with van der Waals surface area (Å²) in [6.07, 6.45) is 2.90. The third-order valence-corrected chi connectivity index (χ3v) is 1.47. The molecule has 0 aliphatic carbocycles. The first-order valence-corrected chi connectivity index (χ1v) is 2.35. The molecule has 0 bridgehead atoms. The van der Waals surface area contributed by atoms with Crippen molar-refractivity contribution in [2.75, 3.05) is 6.54 Å². The Kier molecular flexibility index (Phi) is 0.340. The SMILES string of the molecule is O=CC1=CC2CN12. The number of aldehydes is 1. The summed E-state index contributed by atoms with van der Waals surface area (Å²) in [5, 5.41) is 0. The van der Waals surface area contributed by atoms with Crippen LogP contribution in [-0.2, 0) is 4.79 Å². The summed E-state index contributed by atoms with van der Waals surface area (Å²) < 4.78 is 0. The number of allylic oxidation sites excluding steroid dienone is 1. The summed E-state index contributed by atoms with van der Waals surface area (Å²) in [5.74, 6) is 0. The Labute approximate surface area is 41.4 Å². The summed E-state index contributed by atoms with van der Waals surface area (Å²) in [5.41, 5.74) is 0.880. The lowest BCUT2D eigenvalue weighted by atomic mass is 10.3. The molecule has 0 amide bonds. The van der Waals surface area contributed by atoms with E-state index >= 15 is 0 Å². The fraction of sp³-hybridized carbons (Fsp3) is 0.400. The topological polar surface area (TPSA) is 20.1 Å². The number of rotatable bonds is 1. The van der Waals surface area contributed by atoms with E-state index in [0.29, 0.717) is 6.04 Å². The maximum Gasteiger partial charge on any atom is 0.165 e. The average Bonchev–Trinajstić information content (AvgIpc) is 2.18. The fourth-order valence-corrected chi connectivity index (χ4v) is 0.912. The van der Waals surface area contributed by atoms with Crippen molar-refractivity contribution in [2.24, 2.45) is 0 Å². The van der Waals surface area contributed by atoms with Crippen LogP contribution in [0.3, 0.4) is 0 Å². The molecule has 0 radical (unpaired) electrons. The third-order valence-electron chi connectivity index (χ3n) is 1.47. The molecule has 1 unspecified atom stereocenters. The summed E-state index contributed by atoms with van der Waals surface area (Å²) in [6.45, 7) is 1.09. The molecule has 2 aliphatic rings. The molecule has 0 aromatic heterocycles. The van der Waals surface area contributed by atoms with Gasteiger partial charge in [-0.2, -0.15) is 0 Å². The highest BCUT2D eigenvalue weighted by Crippen LogP contribution is 2.33. The van der Waals surface area contributed by atoms with Crippen LogP contribution in [0.4, 0.5) is 0 Å².